The first kappa shape index (κ1) is 11.5. The van der Waals surface area contributed by atoms with Crippen molar-refractivity contribution in [1.29, 1.82) is 0 Å². The van der Waals surface area contributed by atoms with E-state index in [2.05, 4.69) is 26.8 Å². The average molecular weight is 220 g/mol. The summed E-state index contributed by atoms with van der Waals surface area (Å²) < 4.78 is 5.82. The molecule has 1 aliphatic rings. The maximum atomic E-state index is 10.1. The Morgan fingerprint density at radius 2 is 2.06 bits per heavy atom. The molecule has 1 N–H and O–H groups in total. The Labute approximate surface area is 97.3 Å². The largest absolute Gasteiger partial charge is 0.493 e. The number of ether oxygens (including phenoxy) is 1. The Morgan fingerprint density at radius 3 is 2.75 bits per heavy atom. The second kappa shape index (κ2) is 4.10. The second-order valence-electron chi connectivity index (χ2n) is 5.48. The van der Waals surface area contributed by atoms with E-state index in [1.54, 1.807) is 0 Å². The molecule has 1 aliphatic heterocycles. The monoisotopic (exact) mass is 220 g/mol. The van der Waals surface area contributed by atoms with Crippen LogP contribution in [0.15, 0.2) is 18.2 Å². The molecule has 0 saturated heterocycles. The van der Waals surface area contributed by atoms with E-state index in [1.165, 1.54) is 5.56 Å². The van der Waals surface area contributed by atoms with Crippen LogP contribution in [0.2, 0.25) is 0 Å². The first-order valence-electron chi connectivity index (χ1n) is 5.94. The molecular weight excluding hydrogens is 200 g/mol. The van der Waals surface area contributed by atoms with Crippen LogP contribution >= 0.6 is 0 Å². The normalized spacial score (nSPS) is 20.9. The van der Waals surface area contributed by atoms with Crippen molar-refractivity contribution in [3.63, 3.8) is 0 Å². The van der Waals surface area contributed by atoms with Gasteiger partial charge in [0.25, 0.3) is 0 Å². The number of para-hydroxylation sites is 1. The standard InChI is InChI=1S/C14H20O2/c1-14(2,3)11-7-4-6-10-12(15)8-5-9-16-13(10)11/h4,6-7,12,15H,5,8-9H2,1-3H3/t12-/m1/s1. The molecule has 0 unspecified atom stereocenters. The van der Waals surface area contributed by atoms with Crippen LogP contribution in [0.4, 0.5) is 0 Å². The molecule has 16 heavy (non-hydrogen) atoms. The molecule has 88 valence electrons. The third kappa shape index (κ3) is 2.07. The van der Waals surface area contributed by atoms with E-state index < -0.39 is 0 Å². The average Bonchev–Trinajstić information content (AvgIpc) is 2.39. The van der Waals surface area contributed by atoms with Gasteiger partial charge in [-0.3, -0.25) is 0 Å². The fourth-order valence-electron chi connectivity index (χ4n) is 2.18. The van der Waals surface area contributed by atoms with E-state index in [0.717, 1.165) is 24.2 Å². The predicted molar refractivity (Wildman–Crippen MR) is 64.8 cm³/mol. The minimum Gasteiger partial charge on any atom is -0.493 e. The molecule has 2 nitrogen and oxygen atoms in total. The first-order chi connectivity index (χ1) is 7.50. The summed E-state index contributed by atoms with van der Waals surface area (Å²) in [6, 6.07) is 6.08. The van der Waals surface area contributed by atoms with Gasteiger partial charge in [0.15, 0.2) is 0 Å². The van der Waals surface area contributed by atoms with Crippen molar-refractivity contribution < 1.29 is 9.84 Å². The van der Waals surface area contributed by atoms with E-state index in [9.17, 15) is 5.11 Å². The molecule has 2 rings (SSSR count). The van der Waals surface area contributed by atoms with Gasteiger partial charge in [-0.1, -0.05) is 39.0 Å². The van der Waals surface area contributed by atoms with Crippen molar-refractivity contribution in [2.45, 2.75) is 45.1 Å². The minimum atomic E-state index is -0.375. The lowest BCUT2D eigenvalue weighted by Gasteiger charge is -2.24. The number of hydrogen-bond donors (Lipinski definition) is 1. The highest BCUT2D eigenvalue weighted by molar-refractivity contribution is 5.46. The summed E-state index contributed by atoms with van der Waals surface area (Å²) in [5, 5.41) is 10.1. The van der Waals surface area contributed by atoms with Crippen LogP contribution in [0.1, 0.15) is 50.8 Å². The zero-order valence-electron chi connectivity index (χ0n) is 10.3. The molecular formula is C14H20O2. The molecule has 2 heteroatoms. The van der Waals surface area contributed by atoms with Crippen molar-refractivity contribution in [3.8, 4) is 5.75 Å². The molecule has 0 spiro atoms. The molecule has 0 saturated carbocycles. The Kier molecular flexibility index (Phi) is 2.94. The van der Waals surface area contributed by atoms with Gasteiger partial charge in [0, 0.05) is 5.56 Å². The zero-order chi connectivity index (χ0) is 11.8. The van der Waals surface area contributed by atoms with Crippen LogP contribution in [-0.4, -0.2) is 11.7 Å². The molecule has 1 aromatic rings. The maximum Gasteiger partial charge on any atom is 0.128 e. The highest BCUT2D eigenvalue weighted by atomic mass is 16.5. The highest BCUT2D eigenvalue weighted by Crippen LogP contribution is 2.39. The summed E-state index contributed by atoms with van der Waals surface area (Å²) in [6.45, 7) is 7.22. The van der Waals surface area contributed by atoms with E-state index in [4.69, 9.17) is 4.74 Å². The number of benzene rings is 1. The summed E-state index contributed by atoms with van der Waals surface area (Å²) >= 11 is 0. The van der Waals surface area contributed by atoms with Gasteiger partial charge in [0.05, 0.1) is 12.7 Å². The Balaban J connectivity index is 2.53. The smallest absolute Gasteiger partial charge is 0.128 e. The van der Waals surface area contributed by atoms with E-state index >= 15 is 0 Å². The third-order valence-corrected chi connectivity index (χ3v) is 3.08. The van der Waals surface area contributed by atoms with Crippen LogP contribution < -0.4 is 4.74 Å². The number of hydrogen-bond acceptors (Lipinski definition) is 2. The Morgan fingerprint density at radius 1 is 1.31 bits per heavy atom. The van der Waals surface area contributed by atoms with Gasteiger partial charge in [0.1, 0.15) is 5.75 Å². The van der Waals surface area contributed by atoms with Gasteiger partial charge in [-0.25, -0.2) is 0 Å². The number of aliphatic hydroxyl groups is 1. The number of rotatable bonds is 0. The van der Waals surface area contributed by atoms with Crippen molar-refractivity contribution in [3.05, 3.63) is 29.3 Å². The van der Waals surface area contributed by atoms with Crippen molar-refractivity contribution in [1.82, 2.24) is 0 Å². The quantitative estimate of drug-likeness (QED) is 0.727. The fourth-order valence-corrected chi connectivity index (χ4v) is 2.18. The maximum absolute atomic E-state index is 10.1. The zero-order valence-corrected chi connectivity index (χ0v) is 10.3. The summed E-state index contributed by atoms with van der Waals surface area (Å²) in [4.78, 5) is 0. The van der Waals surface area contributed by atoms with Gasteiger partial charge in [-0.15, -0.1) is 0 Å². The van der Waals surface area contributed by atoms with Crippen LogP contribution in [0.5, 0.6) is 5.75 Å². The minimum absolute atomic E-state index is 0.0510. The molecule has 1 heterocycles. The highest BCUT2D eigenvalue weighted by Gasteiger charge is 2.25. The molecule has 0 amide bonds. The van der Waals surface area contributed by atoms with E-state index in [0.29, 0.717) is 6.61 Å². The van der Waals surface area contributed by atoms with E-state index in [-0.39, 0.29) is 11.5 Å². The molecule has 0 radical (unpaired) electrons. The lowest BCUT2D eigenvalue weighted by Crippen LogP contribution is -2.14. The number of aliphatic hydroxyl groups excluding tert-OH is 1. The van der Waals surface area contributed by atoms with Crippen molar-refractivity contribution in [2.75, 3.05) is 6.61 Å². The summed E-state index contributed by atoms with van der Waals surface area (Å²) in [7, 11) is 0. The number of fused-ring (bicyclic) bond motifs is 1. The summed E-state index contributed by atoms with van der Waals surface area (Å²) in [5.74, 6) is 0.903. The fraction of sp³-hybridized carbons (Fsp3) is 0.571. The molecule has 0 aliphatic carbocycles. The molecule has 0 aromatic heterocycles. The van der Waals surface area contributed by atoms with Gasteiger partial charge in [-0.2, -0.15) is 0 Å². The second-order valence-corrected chi connectivity index (χ2v) is 5.48. The Hall–Kier alpha value is -1.02. The molecule has 1 aromatic carbocycles. The molecule has 0 bridgehead atoms. The van der Waals surface area contributed by atoms with Gasteiger partial charge >= 0.3 is 0 Å². The predicted octanol–water partition coefficient (Wildman–Crippen LogP) is 3.19. The van der Waals surface area contributed by atoms with E-state index in [1.807, 2.05) is 12.1 Å². The van der Waals surface area contributed by atoms with Crippen molar-refractivity contribution in [2.24, 2.45) is 0 Å². The first-order valence-corrected chi connectivity index (χ1v) is 5.94. The van der Waals surface area contributed by atoms with Crippen molar-refractivity contribution >= 4 is 0 Å². The lowest BCUT2D eigenvalue weighted by molar-refractivity contribution is 0.167. The van der Waals surface area contributed by atoms with Crippen LogP contribution in [0.25, 0.3) is 0 Å². The third-order valence-electron chi connectivity index (χ3n) is 3.08. The van der Waals surface area contributed by atoms with Gasteiger partial charge in [0.2, 0.25) is 0 Å². The molecule has 0 fully saturated rings. The molecule has 1 atom stereocenters. The summed E-state index contributed by atoms with van der Waals surface area (Å²) in [5.41, 5.74) is 2.19. The summed E-state index contributed by atoms with van der Waals surface area (Å²) in [6.07, 6.45) is 1.33. The topological polar surface area (TPSA) is 29.5 Å². The SMILES string of the molecule is CC(C)(C)c1cccc2c1OCCC[C@H]2O. The van der Waals surface area contributed by atoms with Crippen LogP contribution in [0.3, 0.4) is 0 Å². The Bertz CT molecular complexity index is 377. The lowest BCUT2D eigenvalue weighted by atomic mass is 9.84. The van der Waals surface area contributed by atoms with Crippen LogP contribution in [-0.2, 0) is 5.41 Å². The van der Waals surface area contributed by atoms with Gasteiger partial charge < -0.3 is 9.84 Å². The van der Waals surface area contributed by atoms with Gasteiger partial charge in [-0.05, 0) is 23.8 Å². The van der Waals surface area contributed by atoms with Crippen LogP contribution in [0, 0.1) is 0 Å².